The van der Waals surface area contributed by atoms with E-state index in [4.69, 9.17) is 21.1 Å². The van der Waals surface area contributed by atoms with Gasteiger partial charge in [0.1, 0.15) is 0 Å². The predicted molar refractivity (Wildman–Crippen MR) is 91.1 cm³/mol. The third-order valence-corrected chi connectivity index (χ3v) is 4.90. The Kier molecular flexibility index (Phi) is 4.39. The van der Waals surface area contributed by atoms with E-state index in [1.165, 1.54) is 0 Å². The Morgan fingerprint density at radius 1 is 1.29 bits per heavy atom. The molecule has 2 aliphatic rings. The van der Waals surface area contributed by atoms with E-state index in [1.807, 2.05) is 23.1 Å². The highest BCUT2D eigenvalue weighted by atomic mass is 35.5. The van der Waals surface area contributed by atoms with E-state index in [9.17, 15) is 4.79 Å². The average molecular weight is 347 g/mol. The Balaban J connectivity index is 1.61. The monoisotopic (exact) mass is 346 g/mol. The minimum absolute atomic E-state index is 0.0242. The number of fused-ring (bicyclic) bond motifs is 1. The number of halogens is 1. The Morgan fingerprint density at radius 2 is 2.12 bits per heavy atom. The molecule has 6 heteroatoms. The summed E-state index contributed by atoms with van der Waals surface area (Å²) < 4.78 is 11.2. The molecule has 2 aliphatic heterocycles. The molecule has 1 aromatic heterocycles. The van der Waals surface area contributed by atoms with Crippen LogP contribution in [0.5, 0.6) is 0 Å². The number of pyridine rings is 1. The van der Waals surface area contributed by atoms with Gasteiger partial charge in [0.05, 0.1) is 24.3 Å². The number of ether oxygens (including phenoxy) is 2. The molecular weight excluding hydrogens is 328 g/mol. The number of piperidine rings is 1. The first-order valence-corrected chi connectivity index (χ1v) is 8.67. The summed E-state index contributed by atoms with van der Waals surface area (Å²) >= 11 is 6.20. The van der Waals surface area contributed by atoms with E-state index >= 15 is 0 Å². The van der Waals surface area contributed by atoms with Crippen molar-refractivity contribution in [2.24, 2.45) is 5.92 Å². The van der Waals surface area contributed by atoms with Crippen LogP contribution in [0.2, 0.25) is 5.02 Å². The topological polar surface area (TPSA) is 51.7 Å². The molecule has 0 aliphatic carbocycles. The van der Waals surface area contributed by atoms with Crippen LogP contribution in [0.4, 0.5) is 0 Å². The van der Waals surface area contributed by atoms with Crippen molar-refractivity contribution in [3.8, 4) is 0 Å². The third kappa shape index (κ3) is 2.99. The molecule has 0 N–H and O–H groups in total. The van der Waals surface area contributed by atoms with Gasteiger partial charge in [0.25, 0.3) is 5.91 Å². The lowest BCUT2D eigenvalue weighted by atomic mass is 9.96. The maximum absolute atomic E-state index is 13.1. The first kappa shape index (κ1) is 15.8. The summed E-state index contributed by atoms with van der Waals surface area (Å²) in [6, 6.07) is 7.31. The van der Waals surface area contributed by atoms with Crippen molar-refractivity contribution in [3.05, 3.63) is 41.0 Å². The fourth-order valence-electron chi connectivity index (χ4n) is 3.55. The van der Waals surface area contributed by atoms with Crippen LogP contribution >= 0.6 is 11.6 Å². The molecule has 0 bridgehead atoms. The Labute approximate surface area is 145 Å². The normalized spacial score (nSPS) is 22.2. The van der Waals surface area contributed by atoms with E-state index in [-0.39, 0.29) is 18.1 Å². The van der Waals surface area contributed by atoms with Crippen LogP contribution in [-0.4, -0.2) is 48.4 Å². The first-order chi connectivity index (χ1) is 11.7. The third-order valence-electron chi connectivity index (χ3n) is 4.68. The molecule has 3 heterocycles. The molecule has 0 radical (unpaired) electrons. The van der Waals surface area contributed by atoms with Crippen molar-refractivity contribution >= 4 is 28.4 Å². The van der Waals surface area contributed by atoms with Crippen LogP contribution in [0.3, 0.4) is 0 Å². The molecule has 2 aromatic rings. The van der Waals surface area contributed by atoms with Gasteiger partial charge in [0.15, 0.2) is 6.29 Å². The zero-order chi connectivity index (χ0) is 16.5. The minimum Gasteiger partial charge on any atom is -0.350 e. The fourth-order valence-corrected chi connectivity index (χ4v) is 3.78. The van der Waals surface area contributed by atoms with E-state index in [0.717, 1.165) is 24.8 Å². The molecule has 5 nitrogen and oxygen atoms in total. The number of benzene rings is 1. The van der Waals surface area contributed by atoms with E-state index in [1.54, 1.807) is 12.3 Å². The number of carbonyl (C=O) groups excluding carboxylic acids is 1. The summed E-state index contributed by atoms with van der Waals surface area (Å²) in [5, 5.41) is 1.43. The van der Waals surface area contributed by atoms with E-state index in [2.05, 4.69) is 4.98 Å². The van der Waals surface area contributed by atoms with Crippen molar-refractivity contribution < 1.29 is 14.3 Å². The van der Waals surface area contributed by atoms with Crippen LogP contribution in [0.25, 0.3) is 10.9 Å². The molecule has 24 heavy (non-hydrogen) atoms. The molecule has 0 saturated carbocycles. The molecule has 1 amide bonds. The zero-order valence-corrected chi connectivity index (χ0v) is 14.0. The lowest BCUT2D eigenvalue weighted by molar-refractivity contribution is -0.0969. The maximum Gasteiger partial charge on any atom is 0.256 e. The number of nitrogens with zero attached hydrogens (tertiary/aromatic N) is 2. The van der Waals surface area contributed by atoms with E-state index in [0.29, 0.717) is 35.9 Å². The van der Waals surface area contributed by atoms with Crippen molar-refractivity contribution in [2.75, 3.05) is 26.3 Å². The number of hydrogen-bond acceptors (Lipinski definition) is 4. The van der Waals surface area contributed by atoms with Crippen molar-refractivity contribution in [3.63, 3.8) is 0 Å². The average Bonchev–Trinajstić information content (AvgIpc) is 3.15. The van der Waals surface area contributed by atoms with Gasteiger partial charge < -0.3 is 14.4 Å². The Hall–Kier alpha value is -1.69. The molecule has 0 spiro atoms. The van der Waals surface area contributed by atoms with Gasteiger partial charge >= 0.3 is 0 Å². The predicted octanol–water partition coefficient (Wildman–Crippen LogP) is 3.11. The molecule has 4 rings (SSSR count). The zero-order valence-electron chi connectivity index (χ0n) is 13.3. The van der Waals surface area contributed by atoms with Crippen molar-refractivity contribution in [2.45, 2.75) is 19.1 Å². The van der Waals surface area contributed by atoms with Gasteiger partial charge in [-0.1, -0.05) is 17.7 Å². The van der Waals surface area contributed by atoms with Crippen LogP contribution in [-0.2, 0) is 9.47 Å². The van der Waals surface area contributed by atoms with Crippen LogP contribution < -0.4 is 0 Å². The van der Waals surface area contributed by atoms with Gasteiger partial charge in [-0.15, -0.1) is 0 Å². The first-order valence-electron chi connectivity index (χ1n) is 8.29. The van der Waals surface area contributed by atoms with Gasteiger partial charge in [-0.3, -0.25) is 9.78 Å². The van der Waals surface area contributed by atoms with E-state index < -0.39 is 0 Å². The lowest BCUT2D eigenvalue weighted by Crippen LogP contribution is -2.43. The van der Waals surface area contributed by atoms with Crippen LogP contribution in [0.1, 0.15) is 23.2 Å². The summed E-state index contributed by atoms with van der Waals surface area (Å²) in [5.41, 5.74) is 1.26. The molecule has 2 fully saturated rings. The van der Waals surface area contributed by atoms with Gasteiger partial charge in [-0.05, 0) is 31.0 Å². The maximum atomic E-state index is 13.1. The Bertz CT molecular complexity index is 761. The molecule has 2 saturated heterocycles. The highest BCUT2D eigenvalue weighted by Crippen LogP contribution is 2.28. The quantitative estimate of drug-likeness (QED) is 0.838. The van der Waals surface area contributed by atoms with Gasteiger partial charge in [-0.25, -0.2) is 0 Å². The number of aromatic nitrogens is 1. The van der Waals surface area contributed by atoms with Gasteiger partial charge in [-0.2, -0.15) is 0 Å². The summed E-state index contributed by atoms with van der Waals surface area (Å²) in [6.45, 7) is 2.66. The lowest BCUT2D eigenvalue weighted by Gasteiger charge is -2.34. The largest absolute Gasteiger partial charge is 0.350 e. The summed E-state index contributed by atoms with van der Waals surface area (Å²) in [7, 11) is 0. The highest BCUT2D eigenvalue weighted by Gasteiger charge is 2.33. The smallest absolute Gasteiger partial charge is 0.256 e. The number of rotatable bonds is 2. The molecular formula is C18H19ClN2O3. The summed E-state index contributed by atoms with van der Waals surface area (Å²) in [4.78, 5) is 19.3. The SMILES string of the molecule is O=C(c1cc(Cl)cc2cccnc12)N1CCCC(C2OCCO2)C1. The van der Waals surface area contributed by atoms with Gasteiger partial charge in [0, 0.05) is 35.6 Å². The standard InChI is InChI=1S/C18H19ClN2O3/c19-14-9-12-3-1-5-20-16(12)15(10-14)17(22)21-6-2-4-13(11-21)18-23-7-8-24-18/h1,3,5,9-10,13,18H,2,4,6-8,11H2. The van der Waals surface area contributed by atoms with Crippen molar-refractivity contribution in [1.82, 2.24) is 9.88 Å². The number of hydrogen-bond donors (Lipinski definition) is 0. The number of amides is 1. The summed E-state index contributed by atoms with van der Waals surface area (Å²) in [6.07, 6.45) is 3.48. The highest BCUT2D eigenvalue weighted by molar-refractivity contribution is 6.32. The minimum atomic E-state index is -0.185. The Morgan fingerprint density at radius 3 is 2.96 bits per heavy atom. The van der Waals surface area contributed by atoms with Crippen molar-refractivity contribution in [1.29, 1.82) is 0 Å². The second-order valence-electron chi connectivity index (χ2n) is 6.29. The molecule has 1 unspecified atom stereocenters. The second-order valence-corrected chi connectivity index (χ2v) is 6.73. The summed E-state index contributed by atoms with van der Waals surface area (Å²) in [5.74, 6) is 0.201. The molecule has 1 aromatic carbocycles. The fraction of sp³-hybridized carbons (Fsp3) is 0.444. The number of carbonyl (C=O) groups is 1. The van der Waals surface area contributed by atoms with Crippen LogP contribution in [0.15, 0.2) is 30.5 Å². The van der Waals surface area contributed by atoms with Gasteiger partial charge in [0.2, 0.25) is 0 Å². The van der Waals surface area contributed by atoms with Crippen LogP contribution in [0, 0.1) is 5.92 Å². The number of likely N-dealkylation sites (tertiary alicyclic amines) is 1. The second kappa shape index (κ2) is 6.67. The molecule has 126 valence electrons. The molecule has 1 atom stereocenters.